The zero-order chi connectivity index (χ0) is 17.8. The first kappa shape index (κ1) is 17.4. The summed E-state index contributed by atoms with van der Waals surface area (Å²) in [6, 6.07) is 6.93. The quantitative estimate of drug-likeness (QED) is 0.646. The van der Waals surface area contributed by atoms with E-state index in [1.165, 1.54) is 6.07 Å². The molecule has 132 valence electrons. The molecule has 0 amide bonds. The molecule has 0 saturated carbocycles. The number of nitro groups is 1. The van der Waals surface area contributed by atoms with E-state index < -0.39 is 4.92 Å². The van der Waals surface area contributed by atoms with Crippen LogP contribution in [0.3, 0.4) is 0 Å². The van der Waals surface area contributed by atoms with Crippen LogP contribution in [0.25, 0.3) is 0 Å². The van der Waals surface area contributed by atoms with Crippen LogP contribution in [0.15, 0.2) is 30.6 Å². The van der Waals surface area contributed by atoms with E-state index in [0.29, 0.717) is 10.7 Å². The van der Waals surface area contributed by atoms with Gasteiger partial charge in [-0.25, -0.2) is 9.97 Å². The van der Waals surface area contributed by atoms with Gasteiger partial charge in [-0.1, -0.05) is 18.5 Å². The van der Waals surface area contributed by atoms with Gasteiger partial charge < -0.3 is 10.2 Å². The van der Waals surface area contributed by atoms with E-state index in [0.717, 1.165) is 43.9 Å². The maximum absolute atomic E-state index is 11.2. The van der Waals surface area contributed by atoms with E-state index in [4.69, 9.17) is 11.6 Å². The van der Waals surface area contributed by atoms with Gasteiger partial charge in [0.25, 0.3) is 5.69 Å². The second kappa shape index (κ2) is 7.65. The molecular formula is C17H20ClN5O2. The van der Waals surface area contributed by atoms with Crippen LogP contribution in [-0.2, 0) is 6.42 Å². The molecule has 1 aliphatic rings. The van der Waals surface area contributed by atoms with Crippen LogP contribution >= 0.6 is 11.6 Å². The van der Waals surface area contributed by atoms with Gasteiger partial charge in [-0.15, -0.1) is 0 Å². The van der Waals surface area contributed by atoms with Crippen LogP contribution in [0.1, 0.15) is 25.5 Å². The van der Waals surface area contributed by atoms with Crippen molar-refractivity contribution >= 4 is 28.8 Å². The molecule has 0 bridgehead atoms. The monoisotopic (exact) mass is 361 g/mol. The number of nitro benzene ring substituents is 1. The second-order valence-electron chi connectivity index (χ2n) is 6.05. The fourth-order valence-corrected chi connectivity index (χ4v) is 3.17. The van der Waals surface area contributed by atoms with Crippen molar-refractivity contribution in [2.75, 3.05) is 23.3 Å². The minimum absolute atomic E-state index is 0.0123. The number of aromatic nitrogens is 2. The normalized spacial score (nSPS) is 15.2. The molecule has 7 nitrogen and oxygen atoms in total. The molecule has 1 N–H and O–H groups in total. The Hall–Kier alpha value is -2.41. The summed E-state index contributed by atoms with van der Waals surface area (Å²) in [5.41, 5.74) is 1.56. The maximum Gasteiger partial charge on any atom is 0.293 e. The van der Waals surface area contributed by atoms with Gasteiger partial charge in [-0.3, -0.25) is 10.1 Å². The van der Waals surface area contributed by atoms with Gasteiger partial charge in [0, 0.05) is 42.0 Å². The predicted octanol–water partition coefficient (Wildman–Crippen LogP) is 3.68. The summed E-state index contributed by atoms with van der Waals surface area (Å²) in [5.74, 6) is 0.947. The number of aryl methyl sites for hydroxylation is 1. The van der Waals surface area contributed by atoms with Crippen molar-refractivity contribution in [3.8, 4) is 0 Å². The van der Waals surface area contributed by atoms with Crippen molar-refractivity contribution in [3.05, 3.63) is 51.4 Å². The Morgan fingerprint density at radius 1 is 1.32 bits per heavy atom. The number of rotatable bonds is 5. The van der Waals surface area contributed by atoms with Crippen LogP contribution in [0.2, 0.25) is 5.02 Å². The molecule has 1 aromatic carbocycles. The molecule has 0 unspecified atom stereocenters. The minimum Gasteiger partial charge on any atom is -0.377 e. The molecule has 2 aromatic rings. The largest absolute Gasteiger partial charge is 0.377 e. The average Bonchev–Trinajstić information content (AvgIpc) is 2.63. The SMILES string of the molecule is CCc1cc(N2CCC(Nc3ccc(Cl)cc3[N+](=O)[O-])CC2)ncn1. The summed E-state index contributed by atoms with van der Waals surface area (Å²) in [4.78, 5) is 21.6. The molecule has 2 heterocycles. The van der Waals surface area contributed by atoms with E-state index >= 15 is 0 Å². The molecule has 1 aromatic heterocycles. The molecule has 8 heteroatoms. The van der Waals surface area contributed by atoms with E-state index in [-0.39, 0.29) is 11.7 Å². The molecule has 25 heavy (non-hydrogen) atoms. The first-order chi connectivity index (χ1) is 12.1. The lowest BCUT2D eigenvalue weighted by Crippen LogP contribution is -2.39. The van der Waals surface area contributed by atoms with Crippen LogP contribution in [0.4, 0.5) is 17.2 Å². The molecule has 1 saturated heterocycles. The number of benzene rings is 1. The smallest absolute Gasteiger partial charge is 0.293 e. The number of nitrogens with zero attached hydrogens (tertiary/aromatic N) is 4. The highest BCUT2D eigenvalue weighted by Gasteiger charge is 2.23. The highest BCUT2D eigenvalue weighted by molar-refractivity contribution is 6.30. The molecular weight excluding hydrogens is 342 g/mol. The van der Waals surface area contributed by atoms with Crippen molar-refractivity contribution < 1.29 is 4.92 Å². The van der Waals surface area contributed by atoms with E-state index in [2.05, 4.69) is 27.1 Å². The summed E-state index contributed by atoms with van der Waals surface area (Å²) in [5, 5.41) is 14.9. The third-order valence-electron chi connectivity index (χ3n) is 4.41. The lowest BCUT2D eigenvalue weighted by atomic mass is 10.0. The number of hydrogen-bond acceptors (Lipinski definition) is 6. The van der Waals surface area contributed by atoms with E-state index in [9.17, 15) is 10.1 Å². The first-order valence-corrected chi connectivity index (χ1v) is 8.71. The second-order valence-corrected chi connectivity index (χ2v) is 6.48. The van der Waals surface area contributed by atoms with E-state index in [1.807, 2.05) is 6.07 Å². The Balaban J connectivity index is 1.64. The molecule has 0 radical (unpaired) electrons. The maximum atomic E-state index is 11.2. The van der Waals surface area contributed by atoms with Crippen LogP contribution in [0, 0.1) is 10.1 Å². The van der Waals surface area contributed by atoms with Crippen LogP contribution in [0.5, 0.6) is 0 Å². The van der Waals surface area contributed by atoms with Gasteiger partial charge in [-0.2, -0.15) is 0 Å². The van der Waals surface area contributed by atoms with Gasteiger partial charge >= 0.3 is 0 Å². The zero-order valence-electron chi connectivity index (χ0n) is 14.0. The molecule has 0 spiro atoms. The standard InChI is InChI=1S/C17H20ClN5O2/c1-2-13-10-17(20-11-19-13)22-7-5-14(6-8-22)21-15-4-3-12(18)9-16(15)23(24)25/h3-4,9-11,14,21H,2,5-8H2,1H3. The summed E-state index contributed by atoms with van der Waals surface area (Å²) in [6.45, 7) is 3.76. The van der Waals surface area contributed by atoms with E-state index in [1.54, 1.807) is 18.5 Å². The number of halogens is 1. The minimum atomic E-state index is -0.406. The van der Waals surface area contributed by atoms with Gasteiger partial charge in [0.2, 0.25) is 0 Å². The molecule has 0 aliphatic carbocycles. The van der Waals surface area contributed by atoms with Crippen molar-refractivity contribution in [2.24, 2.45) is 0 Å². The van der Waals surface area contributed by atoms with Gasteiger partial charge in [0.1, 0.15) is 17.8 Å². The number of hydrogen-bond donors (Lipinski definition) is 1. The Bertz CT molecular complexity index is 762. The summed E-state index contributed by atoms with van der Waals surface area (Å²) in [6.07, 6.45) is 4.25. The lowest BCUT2D eigenvalue weighted by molar-refractivity contribution is -0.384. The highest BCUT2D eigenvalue weighted by Crippen LogP contribution is 2.30. The number of nitrogens with one attached hydrogen (secondary N) is 1. The third-order valence-corrected chi connectivity index (χ3v) is 4.64. The van der Waals surface area contributed by atoms with Crippen LogP contribution in [-0.4, -0.2) is 34.0 Å². The summed E-state index contributed by atoms with van der Waals surface area (Å²) >= 11 is 5.86. The Morgan fingerprint density at radius 3 is 2.76 bits per heavy atom. The fraction of sp³-hybridized carbons (Fsp3) is 0.412. The highest BCUT2D eigenvalue weighted by atomic mass is 35.5. The number of anilines is 2. The zero-order valence-corrected chi connectivity index (χ0v) is 14.7. The Morgan fingerprint density at radius 2 is 2.08 bits per heavy atom. The first-order valence-electron chi connectivity index (χ1n) is 8.33. The van der Waals surface area contributed by atoms with Gasteiger partial charge in [0.15, 0.2) is 0 Å². The van der Waals surface area contributed by atoms with Gasteiger partial charge in [0.05, 0.1) is 4.92 Å². The summed E-state index contributed by atoms with van der Waals surface area (Å²) in [7, 11) is 0. The van der Waals surface area contributed by atoms with Crippen molar-refractivity contribution in [1.29, 1.82) is 0 Å². The molecule has 0 atom stereocenters. The lowest BCUT2D eigenvalue weighted by Gasteiger charge is -2.33. The summed E-state index contributed by atoms with van der Waals surface area (Å²) < 4.78 is 0. The van der Waals surface area contributed by atoms with Crippen molar-refractivity contribution in [1.82, 2.24) is 9.97 Å². The Labute approximate surface area is 151 Å². The topological polar surface area (TPSA) is 84.2 Å². The Kier molecular flexibility index (Phi) is 5.33. The van der Waals surface area contributed by atoms with Crippen molar-refractivity contribution in [3.63, 3.8) is 0 Å². The number of piperidine rings is 1. The van der Waals surface area contributed by atoms with Crippen molar-refractivity contribution in [2.45, 2.75) is 32.2 Å². The fourth-order valence-electron chi connectivity index (χ4n) is 3.00. The molecule has 1 aliphatic heterocycles. The van der Waals surface area contributed by atoms with Gasteiger partial charge in [-0.05, 0) is 31.4 Å². The van der Waals surface area contributed by atoms with Crippen LogP contribution < -0.4 is 10.2 Å². The molecule has 1 fully saturated rings. The predicted molar refractivity (Wildman–Crippen MR) is 98.4 cm³/mol. The average molecular weight is 362 g/mol. The molecule has 3 rings (SSSR count). The third kappa shape index (κ3) is 4.17.